The topological polar surface area (TPSA) is 152 Å². The van der Waals surface area contributed by atoms with Gasteiger partial charge in [0.2, 0.25) is 18.2 Å². The molecule has 1 rings (SSSR count). The average Bonchev–Trinajstić information content (AvgIpc) is 3.38. The Labute approximate surface area is 236 Å². The minimum atomic E-state index is -1.03. The van der Waals surface area contributed by atoms with Gasteiger partial charge in [0.15, 0.2) is 0 Å². The van der Waals surface area contributed by atoms with Crippen LogP contribution < -0.4 is 11.1 Å². The summed E-state index contributed by atoms with van der Waals surface area (Å²) in [5.41, 5.74) is 5.57. The number of carboxylic acid groups (broad SMARTS) is 1. The van der Waals surface area contributed by atoms with Crippen molar-refractivity contribution < 1.29 is 33.8 Å². The van der Waals surface area contributed by atoms with Gasteiger partial charge in [0, 0.05) is 27.8 Å². The molecule has 1 heterocycles. The number of nitrogens with zero attached hydrogens (tertiary/aromatic N) is 2. The second-order valence-corrected chi connectivity index (χ2v) is 10.4. The molecule has 11 heteroatoms. The fourth-order valence-electron chi connectivity index (χ4n) is 4.67. The van der Waals surface area contributed by atoms with E-state index in [1.807, 2.05) is 4.90 Å². The Hall–Kier alpha value is -2.24. The highest BCUT2D eigenvalue weighted by Gasteiger charge is 2.39. The number of aliphatic carboxylic acids is 1. The normalized spacial score (nSPS) is 18.4. The van der Waals surface area contributed by atoms with Crippen LogP contribution >= 0.6 is 0 Å². The van der Waals surface area contributed by atoms with Crippen molar-refractivity contribution in [1.29, 1.82) is 0 Å². The minimum absolute atomic E-state index is 0.0271. The Morgan fingerprint density at radius 3 is 2.05 bits per heavy atom. The molecule has 1 aliphatic heterocycles. The monoisotopic (exact) mass is 560 g/mol. The third kappa shape index (κ3) is 13.6. The third-order valence-electron chi connectivity index (χ3n) is 6.92. The van der Waals surface area contributed by atoms with Crippen LogP contribution in [0.15, 0.2) is 0 Å². The summed E-state index contributed by atoms with van der Waals surface area (Å²) in [4.78, 5) is 48.5. The molecule has 0 radical (unpaired) electrons. The zero-order valence-corrected chi connectivity index (χ0v) is 25.9. The second kappa shape index (κ2) is 21.6. The lowest BCUT2D eigenvalue weighted by Gasteiger charge is -2.39. The molecule has 1 saturated heterocycles. The molecule has 0 aromatic heterocycles. The molecule has 0 saturated carbocycles. The van der Waals surface area contributed by atoms with E-state index in [-0.39, 0.29) is 55.0 Å². The largest absolute Gasteiger partial charge is 0.480 e. The minimum Gasteiger partial charge on any atom is -0.480 e. The van der Waals surface area contributed by atoms with Crippen molar-refractivity contribution in [3.63, 3.8) is 0 Å². The van der Waals surface area contributed by atoms with E-state index >= 15 is 0 Å². The maximum absolute atomic E-state index is 13.2. The lowest BCUT2D eigenvalue weighted by molar-refractivity contribution is -0.143. The Morgan fingerprint density at radius 2 is 1.69 bits per heavy atom. The average molecular weight is 561 g/mol. The number of carbonyl (C=O) groups is 4. The lowest BCUT2D eigenvalue weighted by atomic mass is 9.90. The first kappa shape index (κ1) is 38.9. The fraction of sp³-hybridized carbons (Fsp3) is 0.857. The van der Waals surface area contributed by atoms with E-state index < -0.39 is 12.0 Å². The molecular formula is C28H56N4O7. The van der Waals surface area contributed by atoms with Crippen molar-refractivity contribution in [1.82, 2.24) is 15.1 Å². The van der Waals surface area contributed by atoms with Crippen LogP contribution in [0.3, 0.4) is 0 Å². The van der Waals surface area contributed by atoms with Crippen LogP contribution in [0.2, 0.25) is 0 Å². The smallest absolute Gasteiger partial charge is 0.325 e. The maximum atomic E-state index is 13.2. The number of methoxy groups -OCH3 is 2. The van der Waals surface area contributed by atoms with Crippen LogP contribution in [-0.2, 0) is 28.7 Å². The number of nitrogens with one attached hydrogen (secondary N) is 1. The molecule has 3 amide bonds. The summed E-state index contributed by atoms with van der Waals surface area (Å²) in [5.74, 6) is -0.577. The van der Waals surface area contributed by atoms with E-state index in [1.165, 1.54) is 13.3 Å². The Balaban J connectivity index is 0. The van der Waals surface area contributed by atoms with Crippen molar-refractivity contribution >= 4 is 24.2 Å². The third-order valence-corrected chi connectivity index (χ3v) is 6.92. The first-order valence-electron chi connectivity index (χ1n) is 14.1. The standard InChI is InChI=1S/C21H41N3O4.C4H7NO3.C3H8/c1-8-15(4)20(23(5)19(26)13-22)17(27-6)12-18(25)24-11-9-10-16(24)21(28-7)14(2)3;1-3(4(7)8)5-2-6;1-3-2/h14-17,20-21H,8-13,22H2,1-7H3;2-3H,1H3,(H,5,6)(H,7,8);3H2,1-2H3/t;3-;/m.0./s1. The van der Waals surface area contributed by atoms with E-state index in [2.05, 4.69) is 46.9 Å². The van der Waals surface area contributed by atoms with E-state index in [4.69, 9.17) is 20.3 Å². The molecule has 39 heavy (non-hydrogen) atoms. The quantitative estimate of drug-likeness (QED) is 0.274. The first-order valence-corrected chi connectivity index (χ1v) is 14.1. The Morgan fingerprint density at radius 1 is 1.13 bits per heavy atom. The number of hydrogen-bond donors (Lipinski definition) is 3. The van der Waals surface area contributed by atoms with E-state index in [0.29, 0.717) is 12.3 Å². The van der Waals surface area contributed by atoms with Gasteiger partial charge in [-0.2, -0.15) is 0 Å². The lowest BCUT2D eigenvalue weighted by Crippen LogP contribution is -2.53. The van der Waals surface area contributed by atoms with Crippen LogP contribution in [0.1, 0.15) is 80.6 Å². The zero-order valence-electron chi connectivity index (χ0n) is 25.9. The van der Waals surface area contributed by atoms with Gasteiger partial charge in [-0.1, -0.05) is 54.4 Å². The number of carbonyl (C=O) groups excluding carboxylic acids is 3. The van der Waals surface area contributed by atoms with Crippen LogP contribution in [0.4, 0.5) is 0 Å². The molecule has 4 N–H and O–H groups in total. The van der Waals surface area contributed by atoms with Gasteiger partial charge in [-0.05, 0) is 31.6 Å². The van der Waals surface area contributed by atoms with Crippen molar-refractivity contribution in [2.75, 3.05) is 34.4 Å². The summed E-state index contributed by atoms with van der Waals surface area (Å²) in [6.45, 7) is 14.7. The number of likely N-dealkylation sites (tertiary alicyclic amines) is 1. The molecule has 0 aromatic rings. The highest BCUT2D eigenvalue weighted by molar-refractivity contribution is 5.79. The predicted octanol–water partition coefficient (Wildman–Crippen LogP) is 2.51. The summed E-state index contributed by atoms with van der Waals surface area (Å²) >= 11 is 0. The molecule has 0 bridgehead atoms. The number of likely N-dealkylation sites (N-methyl/N-ethyl adjacent to an activating group) is 1. The molecule has 1 fully saturated rings. The molecule has 6 atom stereocenters. The molecule has 11 nitrogen and oxygen atoms in total. The van der Waals surface area contributed by atoms with Crippen LogP contribution in [0.25, 0.3) is 0 Å². The highest BCUT2D eigenvalue weighted by Crippen LogP contribution is 2.28. The second-order valence-electron chi connectivity index (χ2n) is 10.4. The van der Waals surface area contributed by atoms with Crippen LogP contribution in [-0.4, -0.2) is 104 Å². The number of carboxylic acids is 1. The molecular weight excluding hydrogens is 504 g/mol. The van der Waals surface area contributed by atoms with Gasteiger partial charge in [0.05, 0.1) is 37.3 Å². The number of amides is 3. The van der Waals surface area contributed by atoms with Crippen LogP contribution in [0.5, 0.6) is 0 Å². The Kier molecular flexibility index (Phi) is 21.5. The van der Waals surface area contributed by atoms with Gasteiger partial charge in [-0.3, -0.25) is 19.2 Å². The van der Waals surface area contributed by atoms with Gasteiger partial charge in [-0.25, -0.2) is 0 Å². The van der Waals surface area contributed by atoms with Crippen molar-refractivity contribution in [2.45, 2.75) is 111 Å². The van der Waals surface area contributed by atoms with Gasteiger partial charge in [-0.15, -0.1) is 0 Å². The SMILES string of the molecule is CCC.CCC(C)C(C(CC(=O)N1CCCC1C(OC)C(C)C)OC)N(C)C(=O)CN.C[C@H](NC=O)C(=O)O. The van der Waals surface area contributed by atoms with Gasteiger partial charge < -0.3 is 35.4 Å². The van der Waals surface area contributed by atoms with E-state index in [0.717, 1.165) is 25.8 Å². The van der Waals surface area contributed by atoms with Gasteiger partial charge >= 0.3 is 5.97 Å². The maximum Gasteiger partial charge on any atom is 0.325 e. The molecule has 0 spiro atoms. The first-order chi connectivity index (χ1) is 18.3. The number of nitrogens with two attached hydrogens (primary N) is 1. The molecule has 5 unspecified atom stereocenters. The summed E-state index contributed by atoms with van der Waals surface area (Å²) in [5, 5.41) is 10.2. The predicted molar refractivity (Wildman–Crippen MR) is 153 cm³/mol. The molecule has 230 valence electrons. The van der Waals surface area contributed by atoms with Gasteiger partial charge in [0.25, 0.3) is 0 Å². The number of rotatable bonds is 14. The van der Waals surface area contributed by atoms with E-state index in [1.54, 1.807) is 26.2 Å². The van der Waals surface area contributed by atoms with Crippen molar-refractivity contribution in [3.05, 3.63) is 0 Å². The number of ether oxygens (including phenoxy) is 2. The Bertz CT molecular complexity index is 707. The summed E-state index contributed by atoms with van der Waals surface area (Å²) in [7, 11) is 5.08. The van der Waals surface area contributed by atoms with Crippen molar-refractivity contribution in [3.8, 4) is 0 Å². The summed E-state index contributed by atoms with van der Waals surface area (Å²) in [6.07, 6.45) is 4.34. The van der Waals surface area contributed by atoms with Crippen LogP contribution in [0, 0.1) is 11.8 Å². The highest BCUT2D eigenvalue weighted by atomic mass is 16.5. The van der Waals surface area contributed by atoms with E-state index in [9.17, 15) is 19.2 Å². The van der Waals surface area contributed by atoms with Crippen molar-refractivity contribution in [2.24, 2.45) is 17.6 Å². The fourth-order valence-corrected chi connectivity index (χ4v) is 4.67. The van der Waals surface area contributed by atoms with Gasteiger partial charge in [0.1, 0.15) is 6.04 Å². The summed E-state index contributed by atoms with van der Waals surface area (Å²) < 4.78 is 11.4. The number of hydrogen-bond acceptors (Lipinski definition) is 7. The molecule has 0 aromatic carbocycles. The molecule has 1 aliphatic rings. The zero-order chi connectivity index (χ0) is 30.7. The summed E-state index contributed by atoms with van der Waals surface area (Å²) in [6, 6.07) is -0.882. The molecule has 0 aliphatic carbocycles.